The first-order valence-electron chi connectivity index (χ1n) is 6.38. The number of benzene rings is 1. The quantitative estimate of drug-likeness (QED) is 0.475. The van der Waals surface area contributed by atoms with Crippen LogP contribution in [0.5, 0.6) is 0 Å². The average molecular weight is 431 g/mol. The zero-order valence-electron chi connectivity index (χ0n) is 10.8. The molecule has 0 saturated heterocycles. The van der Waals surface area contributed by atoms with E-state index in [0.29, 0.717) is 0 Å². The van der Waals surface area contributed by atoms with Gasteiger partial charge in [0.1, 0.15) is 12.1 Å². The van der Waals surface area contributed by atoms with Gasteiger partial charge in [-0.1, -0.05) is 29.3 Å². The van der Waals surface area contributed by atoms with Crippen LogP contribution < -0.4 is 28.5 Å². The number of fused-ring (bicyclic) bond motifs is 3. The lowest BCUT2D eigenvalue weighted by Crippen LogP contribution is -3.00. The number of H-pyrrole nitrogens is 1. The lowest BCUT2D eigenvalue weighted by Gasteiger charge is -1.95. The standard InChI is InChI=1S/C15H15BrN2.HI/c1-2-3-7-18-8-6-12-13-9-11(16)4-5-14(13)17-15(12)10-18;/h4-6,8-10H,2-3,7H2,1H3;1H. The molecule has 2 heterocycles. The lowest BCUT2D eigenvalue weighted by molar-refractivity contribution is -0.696. The van der Waals surface area contributed by atoms with Crippen molar-refractivity contribution in [3.8, 4) is 0 Å². The summed E-state index contributed by atoms with van der Waals surface area (Å²) in [6.07, 6.45) is 6.83. The molecular formula is C15H16BrIN2. The maximum atomic E-state index is 3.53. The molecule has 3 rings (SSSR count). The van der Waals surface area contributed by atoms with E-state index in [-0.39, 0.29) is 24.0 Å². The van der Waals surface area contributed by atoms with Crippen molar-refractivity contribution in [2.24, 2.45) is 0 Å². The van der Waals surface area contributed by atoms with Gasteiger partial charge in [-0.3, -0.25) is 0 Å². The van der Waals surface area contributed by atoms with E-state index in [4.69, 9.17) is 0 Å². The minimum absolute atomic E-state index is 0. The van der Waals surface area contributed by atoms with E-state index < -0.39 is 0 Å². The van der Waals surface area contributed by atoms with E-state index in [0.717, 1.165) is 11.0 Å². The van der Waals surface area contributed by atoms with Gasteiger partial charge in [-0.2, -0.15) is 0 Å². The first-order valence-corrected chi connectivity index (χ1v) is 7.17. The highest BCUT2D eigenvalue weighted by Crippen LogP contribution is 2.26. The van der Waals surface area contributed by atoms with E-state index in [1.54, 1.807) is 0 Å². The average Bonchev–Trinajstić information content (AvgIpc) is 2.73. The maximum Gasteiger partial charge on any atom is 0.193 e. The number of halogens is 2. The molecule has 0 aliphatic carbocycles. The molecule has 1 aromatic carbocycles. The van der Waals surface area contributed by atoms with E-state index in [1.807, 2.05) is 0 Å². The number of rotatable bonds is 3. The van der Waals surface area contributed by atoms with Gasteiger partial charge in [-0.25, -0.2) is 4.57 Å². The van der Waals surface area contributed by atoms with Crippen LogP contribution in [-0.4, -0.2) is 4.98 Å². The zero-order chi connectivity index (χ0) is 12.5. The second-order valence-corrected chi connectivity index (χ2v) is 5.59. The molecule has 0 aliphatic rings. The Kier molecular flexibility index (Phi) is 4.84. The topological polar surface area (TPSA) is 19.7 Å². The summed E-state index contributed by atoms with van der Waals surface area (Å²) < 4.78 is 3.38. The van der Waals surface area contributed by atoms with Crippen LogP contribution in [0.2, 0.25) is 0 Å². The summed E-state index contributed by atoms with van der Waals surface area (Å²) in [5.74, 6) is 0. The van der Waals surface area contributed by atoms with Gasteiger partial charge in [0, 0.05) is 33.2 Å². The van der Waals surface area contributed by atoms with Crippen molar-refractivity contribution in [1.29, 1.82) is 0 Å². The third-order valence-corrected chi connectivity index (χ3v) is 3.82. The van der Waals surface area contributed by atoms with Crippen LogP contribution in [-0.2, 0) is 6.54 Å². The Morgan fingerprint density at radius 1 is 1.16 bits per heavy atom. The maximum absolute atomic E-state index is 3.53. The Hall–Kier alpha value is -0.620. The highest BCUT2D eigenvalue weighted by molar-refractivity contribution is 9.10. The number of aromatic nitrogens is 2. The summed E-state index contributed by atoms with van der Waals surface area (Å²) >= 11 is 3.53. The second-order valence-electron chi connectivity index (χ2n) is 4.68. The SMILES string of the molecule is CCCC[n+]1ccc2c(c1)[nH]c1ccc(Br)cc12.[I-]. The summed E-state index contributed by atoms with van der Waals surface area (Å²) in [6, 6.07) is 8.57. The largest absolute Gasteiger partial charge is 1.00 e. The number of hydrogen-bond acceptors (Lipinski definition) is 0. The molecule has 0 unspecified atom stereocenters. The fraction of sp³-hybridized carbons (Fsp3) is 0.267. The van der Waals surface area contributed by atoms with Crippen molar-refractivity contribution in [3.63, 3.8) is 0 Å². The first kappa shape index (κ1) is 14.8. The minimum Gasteiger partial charge on any atom is -1.00 e. The normalized spacial score (nSPS) is 10.8. The van der Waals surface area contributed by atoms with Crippen LogP contribution in [0.25, 0.3) is 21.8 Å². The van der Waals surface area contributed by atoms with E-state index in [2.05, 4.69) is 69.1 Å². The molecule has 0 amide bonds. The highest BCUT2D eigenvalue weighted by Gasteiger charge is 2.08. The predicted molar refractivity (Wildman–Crippen MR) is 78.6 cm³/mol. The number of nitrogens with zero attached hydrogens (tertiary/aromatic N) is 1. The van der Waals surface area contributed by atoms with Gasteiger partial charge < -0.3 is 29.0 Å². The van der Waals surface area contributed by atoms with Crippen LogP contribution in [0, 0.1) is 0 Å². The predicted octanol–water partition coefficient (Wildman–Crippen LogP) is 1.18. The Balaban J connectivity index is 0.00000133. The molecule has 2 nitrogen and oxygen atoms in total. The number of pyridine rings is 1. The van der Waals surface area contributed by atoms with Crippen LogP contribution in [0.3, 0.4) is 0 Å². The van der Waals surface area contributed by atoms with Crippen molar-refractivity contribution < 1.29 is 28.5 Å². The van der Waals surface area contributed by atoms with Gasteiger partial charge in [0.25, 0.3) is 0 Å². The summed E-state index contributed by atoms with van der Waals surface area (Å²) in [7, 11) is 0. The van der Waals surface area contributed by atoms with Gasteiger partial charge in [0.15, 0.2) is 12.4 Å². The lowest BCUT2D eigenvalue weighted by atomic mass is 10.2. The van der Waals surface area contributed by atoms with Crippen molar-refractivity contribution in [3.05, 3.63) is 41.1 Å². The molecule has 0 fully saturated rings. The molecule has 4 heteroatoms. The number of hydrogen-bond donors (Lipinski definition) is 1. The smallest absolute Gasteiger partial charge is 0.193 e. The van der Waals surface area contributed by atoms with Gasteiger partial charge in [-0.15, -0.1) is 0 Å². The Morgan fingerprint density at radius 3 is 2.79 bits per heavy atom. The van der Waals surface area contributed by atoms with E-state index >= 15 is 0 Å². The number of aryl methyl sites for hydroxylation is 1. The fourth-order valence-electron chi connectivity index (χ4n) is 2.35. The van der Waals surface area contributed by atoms with Crippen molar-refractivity contribution in [2.75, 3.05) is 0 Å². The molecule has 0 bridgehead atoms. The van der Waals surface area contributed by atoms with Crippen molar-refractivity contribution >= 4 is 37.7 Å². The molecule has 0 radical (unpaired) electrons. The van der Waals surface area contributed by atoms with Gasteiger partial charge >= 0.3 is 0 Å². The van der Waals surface area contributed by atoms with Crippen LogP contribution >= 0.6 is 15.9 Å². The van der Waals surface area contributed by atoms with E-state index in [1.165, 1.54) is 34.6 Å². The summed E-state index contributed by atoms with van der Waals surface area (Å²) in [4.78, 5) is 3.48. The molecule has 3 aromatic rings. The molecule has 0 atom stereocenters. The summed E-state index contributed by atoms with van der Waals surface area (Å²) in [5, 5.41) is 2.57. The molecule has 0 spiro atoms. The number of unbranched alkanes of at least 4 members (excludes halogenated alkanes) is 1. The third-order valence-electron chi connectivity index (χ3n) is 3.33. The fourth-order valence-corrected chi connectivity index (χ4v) is 2.71. The second kappa shape index (κ2) is 6.22. The van der Waals surface area contributed by atoms with Gasteiger partial charge in [0.2, 0.25) is 0 Å². The Labute approximate surface area is 138 Å². The zero-order valence-corrected chi connectivity index (χ0v) is 14.5. The number of nitrogens with one attached hydrogen (secondary N) is 1. The number of aromatic amines is 1. The minimum atomic E-state index is 0. The third kappa shape index (κ3) is 2.94. The molecule has 0 aliphatic heterocycles. The molecule has 1 N–H and O–H groups in total. The van der Waals surface area contributed by atoms with Crippen LogP contribution in [0.1, 0.15) is 19.8 Å². The Bertz CT molecular complexity index is 706. The van der Waals surface area contributed by atoms with E-state index in [9.17, 15) is 0 Å². The monoisotopic (exact) mass is 430 g/mol. The van der Waals surface area contributed by atoms with Crippen molar-refractivity contribution in [1.82, 2.24) is 4.98 Å². The van der Waals surface area contributed by atoms with Crippen molar-refractivity contribution in [2.45, 2.75) is 26.3 Å². The van der Waals surface area contributed by atoms with Crippen LogP contribution in [0.4, 0.5) is 0 Å². The molecular weight excluding hydrogens is 415 g/mol. The highest BCUT2D eigenvalue weighted by atomic mass is 127. The van der Waals surface area contributed by atoms with Crippen LogP contribution in [0.15, 0.2) is 41.1 Å². The molecule has 19 heavy (non-hydrogen) atoms. The Morgan fingerprint density at radius 2 is 2.00 bits per heavy atom. The molecule has 100 valence electrons. The summed E-state index contributed by atoms with van der Waals surface area (Å²) in [6.45, 7) is 3.31. The first-order chi connectivity index (χ1) is 8.78. The van der Waals surface area contributed by atoms with Gasteiger partial charge in [-0.05, 0) is 18.2 Å². The molecule has 0 saturated carbocycles. The van der Waals surface area contributed by atoms with Gasteiger partial charge in [0.05, 0.1) is 0 Å². The molecule has 2 aromatic heterocycles. The summed E-state index contributed by atoms with van der Waals surface area (Å²) in [5.41, 5.74) is 2.41.